The van der Waals surface area contributed by atoms with Gasteiger partial charge in [-0.25, -0.2) is 12.8 Å². The molecule has 1 saturated heterocycles. The standard InChI is InChI=1S/C27H32Cl2FNO6S/c1-15(14-38(35,36)27(3,4)5)16(2)31-24(17-9-10-20(29)21(30)12-17)25(18-7-6-8-19(28)11-18)37-22(26(31)34)13-23(32)33/h6-12,15-16,22,24-25H,13-14H2,1-5H3,(H,32,33)/t15-,16?,22+,24+,25+/m0/s1. The normalized spacial score (nSPS) is 22.3. The molecule has 0 aliphatic carbocycles. The van der Waals surface area contributed by atoms with Gasteiger partial charge in [0.2, 0.25) is 0 Å². The van der Waals surface area contributed by atoms with E-state index in [1.165, 1.54) is 17.0 Å². The van der Waals surface area contributed by atoms with Crippen molar-refractivity contribution in [1.82, 2.24) is 4.90 Å². The molecule has 0 aromatic heterocycles. The number of morpholine rings is 1. The maximum Gasteiger partial charge on any atom is 0.306 e. The van der Waals surface area contributed by atoms with Crippen LogP contribution in [0.1, 0.15) is 64.3 Å². The molecule has 1 aliphatic heterocycles. The monoisotopic (exact) mass is 587 g/mol. The van der Waals surface area contributed by atoms with Crippen molar-refractivity contribution in [1.29, 1.82) is 0 Å². The van der Waals surface area contributed by atoms with Crippen LogP contribution in [0.4, 0.5) is 4.39 Å². The van der Waals surface area contributed by atoms with Gasteiger partial charge in [0.25, 0.3) is 5.91 Å². The van der Waals surface area contributed by atoms with E-state index in [1.54, 1.807) is 65.0 Å². The van der Waals surface area contributed by atoms with Crippen molar-refractivity contribution in [3.8, 4) is 0 Å². The van der Waals surface area contributed by atoms with Gasteiger partial charge in [0, 0.05) is 11.1 Å². The van der Waals surface area contributed by atoms with Crippen molar-refractivity contribution in [2.45, 2.75) is 70.1 Å². The Morgan fingerprint density at radius 2 is 1.79 bits per heavy atom. The second-order valence-corrected chi connectivity index (χ2v) is 14.3. The third-order valence-electron chi connectivity index (χ3n) is 6.93. The molecule has 2 aromatic rings. The number of carboxylic acid groups (broad SMARTS) is 1. The zero-order valence-electron chi connectivity index (χ0n) is 21.8. The summed E-state index contributed by atoms with van der Waals surface area (Å²) in [5, 5.41) is 9.78. The average molecular weight is 589 g/mol. The second-order valence-electron chi connectivity index (χ2n) is 10.7. The van der Waals surface area contributed by atoms with E-state index in [2.05, 4.69) is 0 Å². The van der Waals surface area contributed by atoms with Crippen molar-refractivity contribution in [3.05, 3.63) is 69.5 Å². The Morgan fingerprint density at radius 1 is 1.13 bits per heavy atom. The average Bonchev–Trinajstić information content (AvgIpc) is 2.80. The summed E-state index contributed by atoms with van der Waals surface area (Å²) in [6.07, 6.45) is -2.88. The highest BCUT2D eigenvalue weighted by Gasteiger charge is 2.48. The molecule has 38 heavy (non-hydrogen) atoms. The summed E-state index contributed by atoms with van der Waals surface area (Å²) in [4.78, 5) is 26.9. The van der Waals surface area contributed by atoms with Gasteiger partial charge in [-0.2, -0.15) is 0 Å². The number of halogens is 3. The predicted octanol–water partition coefficient (Wildman–Crippen LogP) is 5.85. The van der Waals surface area contributed by atoms with Gasteiger partial charge in [-0.3, -0.25) is 9.59 Å². The summed E-state index contributed by atoms with van der Waals surface area (Å²) >= 11 is 12.2. The predicted molar refractivity (Wildman–Crippen MR) is 144 cm³/mol. The van der Waals surface area contributed by atoms with Crippen LogP contribution in [0.15, 0.2) is 42.5 Å². The lowest BCUT2D eigenvalue weighted by molar-refractivity contribution is -0.184. The second kappa shape index (κ2) is 11.5. The summed E-state index contributed by atoms with van der Waals surface area (Å²) in [6, 6.07) is 9.23. The summed E-state index contributed by atoms with van der Waals surface area (Å²) in [7, 11) is -3.55. The third-order valence-corrected chi connectivity index (χ3v) is 10.3. The van der Waals surface area contributed by atoms with E-state index < -0.39 is 68.9 Å². The molecule has 1 N–H and O–H groups in total. The fourth-order valence-corrected chi connectivity index (χ4v) is 6.28. The van der Waals surface area contributed by atoms with Crippen molar-refractivity contribution in [3.63, 3.8) is 0 Å². The molecule has 0 radical (unpaired) electrons. The van der Waals surface area contributed by atoms with Crippen molar-refractivity contribution in [2.24, 2.45) is 5.92 Å². The number of nitrogens with zero attached hydrogens (tertiary/aromatic N) is 1. The lowest BCUT2D eigenvalue weighted by Crippen LogP contribution is -2.56. The van der Waals surface area contributed by atoms with Crippen molar-refractivity contribution in [2.75, 3.05) is 5.75 Å². The largest absolute Gasteiger partial charge is 0.481 e. The molecular formula is C27H32Cl2FNO6S. The van der Waals surface area contributed by atoms with Crippen LogP contribution in [0.2, 0.25) is 10.0 Å². The number of carbonyl (C=O) groups excluding carboxylic acids is 1. The highest BCUT2D eigenvalue weighted by molar-refractivity contribution is 7.92. The summed E-state index contributed by atoms with van der Waals surface area (Å²) in [5.74, 6) is -3.33. The van der Waals surface area contributed by atoms with E-state index in [1.807, 2.05) is 0 Å². The zero-order chi connectivity index (χ0) is 28.6. The molecular weight excluding hydrogens is 556 g/mol. The Balaban J connectivity index is 2.19. The minimum atomic E-state index is -3.55. The van der Waals surface area contributed by atoms with Gasteiger partial charge in [0.05, 0.1) is 28.0 Å². The molecule has 1 amide bonds. The summed E-state index contributed by atoms with van der Waals surface area (Å²) < 4.78 is 45.8. The lowest BCUT2D eigenvalue weighted by atomic mass is 9.88. The fourth-order valence-electron chi connectivity index (χ4n) is 4.49. The van der Waals surface area contributed by atoms with Crippen LogP contribution >= 0.6 is 23.2 Å². The van der Waals surface area contributed by atoms with Crippen molar-refractivity contribution >= 4 is 44.9 Å². The highest BCUT2D eigenvalue weighted by Crippen LogP contribution is 2.45. The van der Waals surface area contributed by atoms with E-state index in [0.29, 0.717) is 16.1 Å². The Morgan fingerprint density at radius 3 is 2.34 bits per heavy atom. The molecule has 11 heteroatoms. The fraction of sp³-hybridized carbons (Fsp3) is 0.481. The third kappa shape index (κ3) is 6.50. The van der Waals surface area contributed by atoms with E-state index >= 15 is 0 Å². The van der Waals surface area contributed by atoms with Gasteiger partial charge < -0.3 is 14.7 Å². The first-order valence-electron chi connectivity index (χ1n) is 12.2. The van der Waals surface area contributed by atoms with Gasteiger partial charge in [-0.1, -0.05) is 48.3 Å². The number of hydrogen-bond acceptors (Lipinski definition) is 5. The number of benzene rings is 2. The van der Waals surface area contributed by atoms with Crippen molar-refractivity contribution < 1.29 is 32.2 Å². The first-order chi connectivity index (χ1) is 17.5. The van der Waals surface area contributed by atoms with E-state index in [0.717, 1.165) is 0 Å². The van der Waals surface area contributed by atoms with Gasteiger partial charge in [0.15, 0.2) is 9.84 Å². The van der Waals surface area contributed by atoms with Crippen LogP contribution in [0.3, 0.4) is 0 Å². The maximum atomic E-state index is 14.7. The number of amides is 1. The molecule has 2 aromatic carbocycles. The number of sulfone groups is 1. The quantitative estimate of drug-likeness (QED) is 0.415. The smallest absolute Gasteiger partial charge is 0.306 e. The molecule has 0 saturated carbocycles. The lowest BCUT2D eigenvalue weighted by Gasteiger charge is -2.48. The van der Waals surface area contributed by atoms with Gasteiger partial charge in [0.1, 0.15) is 18.0 Å². The minimum Gasteiger partial charge on any atom is -0.481 e. The number of hydrogen-bond donors (Lipinski definition) is 1. The summed E-state index contributed by atoms with van der Waals surface area (Å²) in [5.41, 5.74) is 0.907. The Bertz CT molecular complexity index is 1310. The van der Waals surface area contributed by atoms with Crippen LogP contribution in [-0.4, -0.2) is 52.9 Å². The molecule has 1 heterocycles. The Labute approximate surface area is 232 Å². The number of aliphatic carboxylic acids is 1. The zero-order valence-corrected chi connectivity index (χ0v) is 24.1. The van der Waals surface area contributed by atoms with Gasteiger partial charge in [-0.15, -0.1) is 0 Å². The van der Waals surface area contributed by atoms with Crippen LogP contribution in [-0.2, 0) is 24.2 Å². The molecule has 7 nitrogen and oxygen atoms in total. The highest BCUT2D eigenvalue weighted by atomic mass is 35.5. The molecule has 0 spiro atoms. The Hall–Kier alpha value is -2.20. The van der Waals surface area contributed by atoms with Gasteiger partial charge in [-0.05, 0) is 69.0 Å². The number of carboxylic acids is 1. The SMILES string of the molecule is CC([C@@H](C)CS(=O)(=O)C(C)(C)C)N1C(=O)[C@@H](CC(=O)O)O[C@H](c2cccc(Cl)c2)[C@H]1c1ccc(Cl)c(F)c1. The number of ether oxygens (including phenoxy) is 1. The molecule has 1 aliphatic rings. The summed E-state index contributed by atoms with van der Waals surface area (Å²) in [6.45, 7) is 8.25. The first-order valence-corrected chi connectivity index (χ1v) is 14.6. The first kappa shape index (κ1) is 30.3. The van der Waals surface area contributed by atoms with Crippen LogP contribution in [0.5, 0.6) is 0 Å². The topological polar surface area (TPSA) is 101 Å². The molecule has 1 fully saturated rings. The molecule has 3 rings (SSSR count). The molecule has 0 bridgehead atoms. The van der Waals surface area contributed by atoms with Crippen LogP contribution < -0.4 is 0 Å². The minimum absolute atomic E-state index is 0.107. The molecule has 1 unspecified atom stereocenters. The Kier molecular flexibility index (Phi) is 9.18. The van der Waals surface area contributed by atoms with E-state index in [4.69, 9.17) is 27.9 Å². The van der Waals surface area contributed by atoms with Crippen LogP contribution in [0.25, 0.3) is 0 Å². The van der Waals surface area contributed by atoms with E-state index in [9.17, 15) is 27.5 Å². The number of carbonyl (C=O) groups is 2. The van der Waals surface area contributed by atoms with Crippen LogP contribution in [0, 0.1) is 11.7 Å². The number of rotatable bonds is 8. The maximum absolute atomic E-state index is 14.7. The molecule has 208 valence electrons. The van der Waals surface area contributed by atoms with E-state index in [-0.39, 0.29) is 10.8 Å². The molecule has 5 atom stereocenters. The van der Waals surface area contributed by atoms with Gasteiger partial charge >= 0.3 is 5.97 Å².